The van der Waals surface area contributed by atoms with Gasteiger partial charge in [0.1, 0.15) is 0 Å². The van der Waals surface area contributed by atoms with Crippen LogP contribution in [0.3, 0.4) is 0 Å². The van der Waals surface area contributed by atoms with E-state index < -0.39 is 0 Å². The van der Waals surface area contributed by atoms with Crippen molar-refractivity contribution < 1.29 is 0 Å². The predicted molar refractivity (Wildman–Crippen MR) is 72.1 cm³/mol. The van der Waals surface area contributed by atoms with E-state index in [1.54, 1.807) is 6.20 Å². The van der Waals surface area contributed by atoms with Crippen molar-refractivity contribution >= 4 is 11.5 Å². The number of hydrogen-bond acceptors (Lipinski definition) is 5. The lowest BCUT2D eigenvalue weighted by molar-refractivity contribution is 0.419. The topological polar surface area (TPSA) is 63.8 Å². The standard InChI is InChI=1S/C13H16N4S/c14-16-13(12-8-15-17-18-12)11-6-2-5-10(7-11)9-3-1-4-9/h2,5-9,13,16H,1,3-4,14H2. The van der Waals surface area contributed by atoms with Crippen molar-refractivity contribution in [1.82, 2.24) is 15.0 Å². The summed E-state index contributed by atoms with van der Waals surface area (Å²) in [5.74, 6) is 6.41. The van der Waals surface area contributed by atoms with Gasteiger partial charge in [-0.2, -0.15) is 0 Å². The highest BCUT2D eigenvalue weighted by molar-refractivity contribution is 7.05. The maximum absolute atomic E-state index is 5.67. The second kappa shape index (κ2) is 5.14. The number of rotatable bonds is 4. The maximum Gasteiger partial charge on any atom is 0.0834 e. The van der Waals surface area contributed by atoms with Crippen molar-refractivity contribution in [2.45, 2.75) is 31.2 Å². The summed E-state index contributed by atoms with van der Waals surface area (Å²) in [5.41, 5.74) is 5.47. The van der Waals surface area contributed by atoms with E-state index in [0.29, 0.717) is 0 Å². The van der Waals surface area contributed by atoms with Crippen molar-refractivity contribution in [1.29, 1.82) is 0 Å². The van der Waals surface area contributed by atoms with Crippen LogP contribution in [0.1, 0.15) is 47.2 Å². The molecule has 1 atom stereocenters. The SMILES string of the molecule is NNC(c1cccc(C2CCC2)c1)c1cnns1. The van der Waals surface area contributed by atoms with Gasteiger partial charge in [-0.15, -0.1) is 5.10 Å². The minimum atomic E-state index is -0.00923. The van der Waals surface area contributed by atoms with Crippen molar-refractivity contribution in [3.8, 4) is 0 Å². The largest absolute Gasteiger partial charge is 0.271 e. The molecule has 0 amide bonds. The Balaban J connectivity index is 1.90. The van der Waals surface area contributed by atoms with E-state index in [-0.39, 0.29) is 6.04 Å². The summed E-state index contributed by atoms with van der Waals surface area (Å²) >= 11 is 1.38. The van der Waals surface area contributed by atoms with Gasteiger partial charge in [0.15, 0.2) is 0 Å². The van der Waals surface area contributed by atoms with Gasteiger partial charge in [-0.3, -0.25) is 5.84 Å². The Morgan fingerprint density at radius 2 is 2.28 bits per heavy atom. The second-order valence-corrected chi connectivity index (χ2v) is 5.53. The first-order valence-corrected chi connectivity index (χ1v) is 6.99. The fourth-order valence-corrected chi connectivity index (χ4v) is 2.97. The van der Waals surface area contributed by atoms with Gasteiger partial charge in [0, 0.05) is 0 Å². The summed E-state index contributed by atoms with van der Waals surface area (Å²) in [5, 5.41) is 3.87. The quantitative estimate of drug-likeness (QED) is 0.654. The van der Waals surface area contributed by atoms with Gasteiger partial charge in [-0.1, -0.05) is 35.2 Å². The Bertz CT molecular complexity index is 507. The van der Waals surface area contributed by atoms with Crippen molar-refractivity contribution in [2.75, 3.05) is 0 Å². The highest BCUT2D eigenvalue weighted by atomic mass is 32.1. The van der Waals surface area contributed by atoms with Gasteiger partial charge in [0.05, 0.1) is 17.1 Å². The van der Waals surface area contributed by atoms with Crippen LogP contribution in [0.2, 0.25) is 0 Å². The molecule has 2 aromatic rings. The monoisotopic (exact) mass is 260 g/mol. The molecule has 4 nitrogen and oxygen atoms in total. The summed E-state index contributed by atoms with van der Waals surface area (Å²) in [4.78, 5) is 1.04. The molecule has 1 aromatic carbocycles. The van der Waals surface area contributed by atoms with E-state index in [9.17, 15) is 0 Å². The Kier molecular flexibility index (Phi) is 3.36. The third-order valence-corrected chi connectivity index (χ3v) is 4.38. The smallest absolute Gasteiger partial charge is 0.0834 e. The fourth-order valence-electron chi connectivity index (χ4n) is 2.38. The number of hydrazine groups is 1. The molecule has 3 N–H and O–H groups in total. The van der Waals surface area contributed by atoms with Crippen LogP contribution in [0.4, 0.5) is 0 Å². The van der Waals surface area contributed by atoms with Crippen molar-refractivity contribution in [2.24, 2.45) is 5.84 Å². The van der Waals surface area contributed by atoms with Gasteiger partial charge < -0.3 is 0 Å². The highest BCUT2D eigenvalue weighted by Crippen LogP contribution is 2.37. The van der Waals surface area contributed by atoms with Crippen LogP contribution in [0.15, 0.2) is 30.5 Å². The number of hydrogen-bond donors (Lipinski definition) is 2. The molecule has 0 bridgehead atoms. The first kappa shape index (κ1) is 11.8. The zero-order valence-corrected chi connectivity index (χ0v) is 10.9. The lowest BCUT2D eigenvalue weighted by Crippen LogP contribution is -2.28. The van der Waals surface area contributed by atoms with E-state index in [4.69, 9.17) is 5.84 Å². The molecule has 1 unspecified atom stereocenters. The van der Waals surface area contributed by atoms with E-state index in [2.05, 4.69) is 39.3 Å². The van der Waals surface area contributed by atoms with Gasteiger partial charge in [-0.05, 0) is 41.4 Å². The average molecular weight is 260 g/mol. The predicted octanol–water partition coefficient (Wildman–Crippen LogP) is 2.36. The molecule has 1 aliphatic carbocycles. The summed E-state index contributed by atoms with van der Waals surface area (Å²) < 4.78 is 3.90. The number of nitrogens with zero attached hydrogens (tertiary/aromatic N) is 2. The minimum absolute atomic E-state index is 0.00923. The van der Waals surface area contributed by atoms with Crippen LogP contribution in [0.25, 0.3) is 0 Å². The van der Waals surface area contributed by atoms with Crippen LogP contribution < -0.4 is 11.3 Å². The van der Waals surface area contributed by atoms with Crippen molar-refractivity contribution in [3.05, 3.63) is 46.5 Å². The number of nitrogens with one attached hydrogen (secondary N) is 1. The molecule has 3 rings (SSSR count). The third kappa shape index (κ3) is 2.16. The van der Waals surface area contributed by atoms with Crippen molar-refractivity contribution in [3.63, 3.8) is 0 Å². The Morgan fingerprint density at radius 3 is 2.89 bits per heavy atom. The van der Waals surface area contributed by atoms with Gasteiger partial charge in [-0.25, -0.2) is 5.43 Å². The molecule has 0 radical (unpaired) electrons. The molecular weight excluding hydrogens is 244 g/mol. The molecule has 18 heavy (non-hydrogen) atoms. The molecule has 94 valence electrons. The molecule has 5 heteroatoms. The average Bonchev–Trinajstić information content (AvgIpc) is 2.82. The first-order chi connectivity index (χ1) is 8.88. The molecule has 0 saturated heterocycles. The van der Waals surface area contributed by atoms with Crippen LogP contribution >= 0.6 is 11.5 Å². The summed E-state index contributed by atoms with van der Waals surface area (Å²) in [6.45, 7) is 0. The van der Waals surface area contributed by atoms with Gasteiger partial charge in [0.2, 0.25) is 0 Å². The lowest BCUT2D eigenvalue weighted by Gasteiger charge is -2.26. The number of benzene rings is 1. The Morgan fingerprint density at radius 1 is 1.39 bits per heavy atom. The van der Waals surface area contributed by atoms with E-state index in [1.165, 1.54) is 41.9 Å². The van der Waals surface area contributed by atoms with Crippen LogP contribution in [0.5, 0.6) is 0 Å². The molecule has 1 aliphatic rings. The Hall–Kier alpha value is -1.30. The maximum atomic E-state index is 5.67. The molecule has 0 spiro atoms. The highest BCUT2D eigenvalue weighted by Gasteiger charge is 2.21. The molecule has 1 fully saturated rings. The van der Waals surface area contributed by atoms with Gasteiger partial charge >= 0.3 is 0 Å². The summed E-state index contributed by atoms with van der Waals surface area (Å²) in [7, 11) is 0. The minimum Gasteiger partial charge on any atom is -0.271 e. The third-order valence-electron chi connectivity index (χ3n) is 3.65. The molecule has 0 aliphatic heterocycles. The first-order valence-electron chi connectivity index (χ1n) is 6.21. The van der Waals surface area contributed by atoms with Crippen LogP contribution in [-0.4, -0.2) is 9.59 Å². The molecule has 1 saturated carbocycles. The Labute approximate surface area is 110 Å². The summed E-state index contributed by atoms with van der Waals surface area (Å²) in [6, 6.07) is 8.68. The molecule has 1 aromatic heterocycles. The zero-order chi connectivity index (χ0) is 12.4. The fraction of sp³-hybridized carbons (Fsp3) is 0.385. The number of nitrogens with two attached hydrogens (primary N) is 1. The van der Waals surface area contributed by atoms with Crippen LogP contribution in [0, 0.1) is 0 Å². The van der Waals surface area contributed by atoms with Gasteiger partial charge in [0.25, 0.3) is 0 Å². The van der Waals surface area contributed by atoms with E-state index >= 15 is 0 Å². The van der Waals surface area contributed by atoms with E-state index in [1.807, 2.05) is 0 Å². The molecule has 1 heterocycles. The molecular formula is C13H16N4S. The normalized spacial score (nSPS) is 17.4. The summed E-state index contributed by atoms with van der Waals surface area (Å²) in [6.07, 6.45) is 5.75. The lowest BCUT2D eigenvalue weighted by atomic mass is 9.79. The number of aromatic nitrogens is 2. The second-order valence-electron chi connectivity index (χ2n) is 4.72. The van der Waals surface area contributed by atoms with Crippen LogP contribution in [-0.2, 0) is 0 Å². The van der Waals surface area contributed by atoms with E-state index in [0.717, 1.165) is 10.8 Å². The zero-order valence-electron chi connectivity index (χ0n) is 10.0.